The Balaban J connectivity index is 2.01. The van der Waals surface area contributed by atoms with Gasteiger partial charge in [0.1, 0.15) is 11.6 Å². The lowest BCUT2D eigenvalue weighted by Crippen LogP contribution is -2.25. The summed E-state index contributed by atoms with van der Waals surface area (Å²) in [5, 5.41) is 8.35. The fourth-order valence-corrected chi connectivity index (χ4v) is 2.60. The van der Waals surface area contributed by atoms with E-state index in [-0.39, 0.29) is 5.82 Å². The van der Waals surface area contributed by atoms with Crippen molar-refractivity contribution in [2.75, 3.05) is 6.54 Å². The van der Waals surface area contributed by atoms with E-state index in [0.717, 1.165) is 30.8 Å². The molecule has 1 aliphatic heterocycles. The van der Waals surface area contributed by atoms with E-state index in [2.05, 4.69) is 10.2 Å². The maximum absolute atomic E-state index is 14.0. The van der Waals surface area contributed by atoms with Crippen molar-refractivity contribution >= 4 is 0 Å². The SMILES string of the molecule is Cc1ccc(-c2nnc3n2CCC(CN)C3)c(F)c1. The Morgan fingerprint density at radius 2 is 2.26 bits per heavy atom. The van der Waals surface area contributed by atoms with Gasteiger partial charge < -0.3 is 10.3 Å². The van der Waals surface area contributed by atoms with Crippen LogP contribution < -0.4 is 5.73 Å². The molecule has 3 rings (SSSR count). The number of hydrogen-bond donors (Lipinski definition) is 1. The molecule has 1 aromatic heterocycles. The first-order chi connectivity index (χ1) is 9.19. The lowest BCUT2D eigenvalue weighted by molar-refractivity contribution is 0.391. The largest absolute Gasteiger partial charge is 0.330 e. The summed E-state index contributed by atoms with van der Waals surface area (Å²) >= 11 is 0. The first-order valence-electron chi connectivity index (χ1n) is 6.57. The summed E-state index contributed by atoms with van der Waals surface area (Å²) < 4.78 is 16.0. The van der Waals surface area contributed by atoms with Crippen LogP contribution in [0.3, 0.4) is 0 Å². The lowest BCUT2D eigenvalue weighted by atomic mass is 9.98. The van der Waals surface area contributed by atoms with E-state index in [4.69, 9.17) is 5.73 Å². The Kier molecular flexibility index (Phi) is 3.06. The smallest absolute Gasteiger partial charge is 0.166 e. The minimum absolute atomic E-state index is 0.240. The highest BCUT2D eigenvalue weighted by Crippen LogP contribution is 2.27. The quantitative estimate of drug-likeness (QED) is 0.897. The molecule has 1 unspecified atom stereocenters. The molecule has 0 bridgehead atoms. The number of rotatable bonds is 2. The molecule has 19 heavy (non-hydrogen) atoms. The molecule has 100 valence electrons. The van der Waals surface area contributed by atoms with Crippen LogP contribution in [0.15, 0.2) is 18.2 Å². The molecular formula is C14H17FN4. The number of halogens is 1. The molecule has 1 aliphatic rings. The van der Waals surface area contributed by atoms with E-state index in [1.165, 1.54) is 6.07 Å². The summed E-state index contributed by atoms with van der Waals surface area (Å²) in [6.45, 7) is 3.35. The van der Waals surface area contributed by atoms with Gasteiger partial charge in [0, 0.05) is 13.0 Å². The lowest BCUT2D eigenvalue weighted by Gasteiger charge is -2.22. The van der Waals surface area contributed by atoms with Crippen LogP contribution in [0.4, 0.5) is 4.39 Å². The number of fused-ring (bicyclic) bond motifs is 1. The van der Waals surface area contributed by atoms with Gasteiger partial charge in [-0.05, 0) is 43.5 Å². The van der Waals surface area contributed by atoms with Crippen molar-refractivity contribution in [3.05, 3.63) is 35.4 Å². The molecule has 0 saturated heterocycles. The van der Waals surface area contributed by atoms with Crippen molar-refractivity contribution in [1.29, 1.82) is 0 Å². The second-order valence-corrected chi connectivity index (χ2v) is 5.17. The van der Waals surface area contributed by atoms with Gasteiger partial charge in [0.25, 0.3) is 0 Å². The molecule has 4 nitrogen and oxygen atoms in total. The van der Waals surface area contributed by atoms with Gasteiger partial charge in [0.15, 0.2) is 5.82 Å². The average molecular weight is 260 g/mol. The Morgan fingerprint density at radius 3 is 3.00 bits per heavy atom. The molecule has 1 atom stereocenters. The third-order valence-corrected chi connectivity index (χ3v) is 3.76. The molecule has 0 aliphatic carbocycles. The van der Waals surface area contributed by atoms with Crippen LogP contribution >= 0.6 is 0 Å². The van der Waals surface area contributed by atoms with Crippen molar-refractivity contribution in [3.63, 3.8) is 0 Å². The predicted octanol–water partition coefficient (Wildman–Crippen LogP) is 1.91. The molecule has 2 aromatic rings. The summed E-state index contributed by atoms with van der Waals surface area (Å²) in [5.41, 5.74) is 7.13. The van der Waals surface area contributed by atoms with Gasteiger partial charge in [0.05, 0.1) is 5.56 Å². The molecule has 0 spiro atoms. The standard InChI is InChI=1S/C14H17FN4/c1-9-2-3-11(12(15)6-9)14-18-17-13-7-10(8-16)4-5-19(13)14/h2-3,6,10H,4-5,7-8,16H2,1H3. The van der Waals surface area contributed by atoms with Gasteiger partial charge in [-0.1, -0.05) is 6.07 Å². The monoisotopic (exact) mass is 260 g/mol. The van der Waals surface area contributed by atoms with Crippen molar-refractivity contribution in [2.45, 2.75) is 26.3 Å². The highest BCUT2D eigenvalue weighted by atomic mass is 19.1. The Labute approximate surface area is 111 Å². The predicted molar refractivity (Wildman–Crippen MR) is 71.0 cm³/mol. The molecule has 2 N–H and O–H groups in total. The first-order valence-corrected chi connectivity index (χ1v) is 6.57. The highest BCUT2D eigenvalue weighted by Gasteiger charge is 2.23. The average Bonchev–Trinajstić information content (AvgIpc) is 2.81. The number of aryl methyl sites for hydroxylation is 1. The molecule has 0 radical (unpaired) electrons. The summed E-state index contributed by atoms with van der Waals surface area (Å²) in [4.78, 5) is 0. The van der Waals surface area contributed by atoms with Crippen LogP contribution in [-0.4, -0.2) is 21.3 Å². The van der Waals surface area contributed by atoms with Crippen molar-refractivity contribution in [3.8, 4) is 11.4 Å². The van der Waals surface area contributed by atoms with Crippen molar-refractivity contribution in [1.82, 2.24) is 14.8 Å². The third kappa shape index (κ3) is 2.14. The van der Waals surface area contributed by atoms with Gasteiger partial charge in [-0.15, -0.1) is 10.2 Å². The fraction of sp³-hybridized carbons (Fsp3) is 0.429. The number of nitrogens with zero attached hydrogens (tertiary/aromatic N) is 3. The summed E-state index contributed by atoms with van der Waals surface area (Å²) in [6, 6.07) is 5.20. The Hall–Kier alpha value is -1.75. The van der Waals surface area contributed by atoms with Crippen molar-refractivity contribution in [2.24, 2.45) is 11.7 Å². The van der Waals surface area contributed by atoms with Crippen LogP contribution in [0.2, 0.25) is 0 Å². The van der Waals surface area contributed by atoms with Gasteiger partial charge in [0.2, 0.25) is 0 Å². The molecule has 5 heteroatoms. The highest BCUT2D eigenvalue weighted by molar-refractivity contribution is 5.57. The molecule has 0 saturated carbocycles. The van der Waals surface area contributed by atoms with E-state index in [1.54, 1.807) is 6.07 Å². The number of benzene rings is 1. The first kappa shape index (κ1) is 12.3. The minimum atomic E-state index is -0.240. The maximum Gasteiger partial charge on any atom is 0.166 e. The summed E-state index contributed by atoms with van der Waals surface area (Å²) in [7, 11) is 0. The topological polar surface area (TPSA) is 56.7 Å². The maximum atomic E-state index is 14.0. The zero-order chi connectivity index (χ0) is 13.4. The van der Waals surface area contributed by atoms with Gasteiger partial charge in [-0.25, -0.2) is 4.39 Å². The zero-order valence-corrected chi connectivity index (χ0v) is 10.9. The second kappa shape index (κ2) is 4.74. The van der Waals surface area contributed by atoms with E-state index >= 15 is 0 Å². The van der Waals surface area contributed by atoms with Gasteiger partial charge >= 0.3 is 0 Å². The Morgan fingerprint density at radius 1 is 1.42 bits per heavy atom. The van der Waals surface area contributed by atoms with Crippen LogP contribution in [0.25, 0.3) is 11.4 Å². The third-order valence-electron chi connectivity index (χ3n) is 3.76. The van der Waals surface area contributed by atoms with Crippen LogP contribution in [0, 0.1) is 18.7 Å². The summed E-state index contributed by atoms with van der Waals surface area (Å²) in [6.07, 6.45) is 1.83. The summed E-state index contributed by atoms with van der Waals surface area (Å²) in [5.74, 6) is 1.77. The van der Waals surface area contributed by atoms with Crippen LogP contribution in [0.5, 0.6) is 0 Å². The molecule has 2 heterocycles. The van der Waals surface area contributed by atoms with Crippen molar-refractivity contribution < 1.29 is 4.39 Å². The minimum Gasteiger partial charge on any atom is -0.330 e. The number of aromatic nitrogens is 3. The molecule has 0 amide bonds. The van der Waals surface area contributed by atoms with Crippen LogP contribution in [-0.2, 0) is 13.0 Å². The van der Waals surface area contributed by atoms with Gasteiger partial charge in [-0.3, -0.25) is 0 Å². The molecular weight excluding hydrogens is 243 g/mol. The van der Waals surface area contributed by atoms with Gasteiger partial charge in [-0.2, -0.15) is 0 Å². The van der Waals surface area contributed by atoms with E-state index in [0.29, 0.717) is 23.9 Å². The second-order valence-electron chi connectivity index (χ2n) is 5.17. The zero-order valence-electron chi connectivity index (χ0n) is 10.9. The van der Waals surface area contributed by atoms with E-state index < -0.39 is 0 Å². The molecule has 0 fully saturated rings. The Bertz CT molecular complexity index is 605. The van der Waals surface area contributed by atoms with E-state index in [9.17, 15) is 4.39 Å². The normalized spacial score (nSPS) is 18.4. The fourth-order valence-electron chi connectivity index (χ4n) is 2.60. The van der Waals surface area contributed by atoms with E-state index in [1.807, 2.05) is 17.6 Å². The van der Waals surface area contributed by atoms with Crippen LogP contribution in [0.1, 0.15) is 17.8 Å². The number of hydrogen-bond acceptors (Lipinski definition) is 3. The number of nitrogens with two attached hydrogens (primary N) is 1. The molecule has 1 aromatic carbocycles.